The Kier molecular flexibility index (Phi) is 6.41. The maximum atomic E-state index is 12.4. The number of benzene rings is 2. The molecule has 1 N–H and O–H groups in total. The van der Waals surface area contributed by atoms with Crippen LogP contribution in [0.2, 0.25) is 0 Å². The molecule has 0 saturated carbocycles. The van der Waals surface area contributed by atoms with Crippen LogP contribution in [0.1, 0.15) is 16.7 Å². The van der Waals surface area contributed by atoms with Crippen LogP contribution in [0, 0.1) is 0 Å². The van der Waals surface area contributed by atoms with Crippen molar-refractivity contribution in [3.63, 3.8) is 0 Å². The average Bonchev–Trinajstić information content (AvgIpc) is 2.65. The van der Waals surface area contributed by atoms with E-state index in [0.717, 1.165) is 38.2 Å². The third kappa shape index (κ3) is 4.93. The predicted octanol–water partition coefficient (Wildman–Crippen LogP) is 3.44. The Morgan fingerprint density at radius 1 is 1.12 bits per heavy atom. The highest BCUT2D eigenvalue weighted by Crippen LogP contribution is 2.29. The van der Waals surface area contributed by atoms with Gasteiger partial charge in [0, 0.05) is 32.7 Å². The summed E-state index contributed by atoms with van der Waals surface area (Å²) >= 11 is 0. The second kappa shape index (κ2) is 8.96. The molecule has 0 atom stereocenters. The minimum Gasteiger partial charge on any atom is -0.493 e. The summed E-state index contributed by atoms with van der Waals surface area (Å²) in [6, 6.07) is 13.6. The van der Waals surface area contributed by atoms with Gasteiger partial charge in [-0.2, -0.15) is 8.78 Å². The molecule has 1 heterocycles. The zero-order chi connectivity index (χ0) is 18.4. The van der Waals surface area contributed by atoms with E-state index in [4.69, 9.17) is 4.74 Å². The van der Waals surface area contributed by atoms with Gasteiger partial charge in [-0.25, -0.2) is 0 Å². The maximum Gasteiger partial charge on any atom is 0.387 e. The lowest BCUT2D eigenvalue weighted by Crippen LogP contribution is -2.35. The molecule has 3 rings (SSSR count). The minimum absolute atomic E-state index is 0.0539. The Hall–Kier alpha value is -2.18. The number of ether oxygens (including phenoxy) is 2. The standard InChI is InChI=1S/C20H24F2N2O2/c1-25-19-12-15(6-7-18(19)26-20(21)22)13-23-9-11-24-10-8-16-4-2-3-5-17(16)14-24/h2-7,12,20,23H,8-11,13-14H2,1H3. The molecule has 6 heteroatoms. The van der Waals surface area contributed by atoms with E-state index in [1.165, 1.54) is 24.3 Å². The van der Waals surface area contributed by atoms with Crippen molar-refractivity contribution in [2.45, 2.75) is 26.1 Å². The first-order valence-electron chi connectivity index (χ1n) is 8.77. The van der Waals surface area contributed by atoms with Gasteiger partial charge in [-0.3, -0.25) is 4.90 Å². The first kappa shape index (κ1) is 18.6. The van der Waals surface area contributed by atoms with Crippen LogP contribution in [0.4, 0.5) is 8.78 Å². The summed E-state index contributed by atoms with van der Waals surface area (Å²) in [7, 11) is 1.44. The van der Waals surface area contributed by atoms with E-state index >= 15 is 0 Å². The molecule has 0 aromatic heterocycles. The van der Waals surface area contributed by atoms with Crippen LogP contribution in [-0.4, -0.2) is 38.3 Å². The molecule has 0 aliphatic carbocycles. The molecule has 140 valence electrons. The normalized spacial score (nSPS) is 14.3. The quantitative estimate of drug-likeness (QED) is 0.730. The van der Waals surface area contributed by atoms with Crippen LogP contribution in [0.15, 0.2) is 42.5 Å². The number of halogens is 2. The van der Waals surface area contributed by atoms with E-state index in [0.29, 0.717) is 12.3 Å². The van der Waals surface area contributed by atoms with Crippen molar-refractivity contribution in [2.24, 2.45) is 0 Å². The van der Waals surface area contributed by atoms with Gasteiger partial charge in [0.25, 0.3) is 0 Å². The topological polar surface area (TPSA) is 33.7 Å². The number of hydrogen-bond donors (Lipinski definition) is 1. The van der Waals surface area contributed by atoms with Crippen LogP contribution >= 0.6 is 0 Å². The van der Waals surface area contributed by atoms with E-state index in [1.54, 1.807) is 12.1 Å². The van der Waals surface area contributed by atoms with Crippen LogP contribution in [0.25, 0.3) is 0 Å². The van der Waals surface area contributed by atoms with Crippen LogP contribution < -0.4 is 14.8 Å². The summed E-state index contributed by atoms with van der Waals surface area (Å²) < 4.78 is 34.3. The number of methoxy groups -OCH3 is 1. The van der Waals surface area contributed by atoms with Gasteiger partial charge in [0.1, 0.15) is 0 Å². The number of hydrogen-bond acceptors (Lipinski definition) is 4. The Balaban J connectivity index is 1.45. The lowest BCUT2D eigenvalue weighted by atomic mass is 10.00. The summed E-state index contributed by atoms with van der Waals surface area (Å²) in [5.41, 5.74) is 3.83. The second-order valence-corrected chi connectivity index (χ2v) is 6.34. The summed E-state index contributed by atoms with van der Waals surface area (Å²) in [6.07, 6.45) is 1.10. The summed E-state index contributed by atoms with van der Waals surface area (Å²) in [5, 5.41) is 3.40. The highest BCUT2D eigenvalue weighted by molar-refractivity contribution is 5.43. The van der Waals surface area contributed by atoms with Crippen molar-refractivity contribution in [1.82, 2.24) is 10.2 Å². The number of alkyl halides is 2. The fraction of sp³-hybridized carbons (Fsp3) is 0.400. The van der Waals surface area contributed by atoms with Crippen molar-refractivity contribution < 1.29 is 18.3 Å². The van der Waals surface area contributed by atoms with Gasteiger partial charge in [-0.1, -0.05) is 30.3 Å². The maximum absolute atomic E-state index is 12.4. The van der Waals surface area contributed by atoms with Gasteiger partial charge >= 0.3 is 6.61 Å². The summed E-state index contributed by atoms with van der Waals surface area (Å²) in [6.45, 7) is 1.69. The van der Waals surface area contributed by atoms with E-state index in [9.17, 15) is 8.78 Å². The van der Waals surface area contributed by atoms with Gasteiger partial charge in [0.2, 0.25) is 0 Å². The molecule has 0 amide bonds. The van der Waals surface area contributed by atoms with Crippen molar-refractivity contribution in [3.8, 4) is 11.5 Å². The molecule has 0 bridgehead atoms. The first-order chi connectivity index (χ1) is 12.7. The largest absolute Gasteiger partial charge is 0.493 e. The summed E-state index contributed by atoms with van der Waals surface area (Å²) in [4.78, 5) is 2.44. The lowest BCUT2D eigenvalue weighted by molar-refractivity contribution is -0.0512. The number of fused-ring (bicyclic) bond motifs is 1. The lowest BCUT2D eigenvalue weighted by Gasteiger charge is -2.28. The van der Waals surface area contributed by atoms with Crippen molar-refractivity contribution in [1.29, 1.82) is 0 Å². The molecule has 1 aliphatic heterocycles. The van der Waals surface area contributed by atoms with E-state index in [1.807, 2.05) is 0 Å². The number of rotatable bonds is 8. The zero-order valence-electron chi connectivity index (χ0n) is 14.9. The van der Waals surface area contributed by atoms with Gasteiger partial charge in [-0.05, 0) is 35.2 Å². The number of nitrogens with zero attached hydrogens (tertiary/aromatic N) is 1. The highest BCUT2D eigenvalue weighted by atomic mass is 19.3. The molecular formula is C20H24F2N2O2. The minimum atomic E-state index is -2.86. The van der Waals surface area contributed by atoms with Crippen molar-refractivity contribution in [3.05, 3.63) is 59.2 Å². The molecule has 4 nitrogen and oxygen atoms in total. The molecule has 0 saturated heterocycles. The predicted molar refractivity (Wildman–Crippen MR) is 96.8 cm³/mol. The van der Waals surface area contributed by atoms with Crippen LogP contribution in [0.3, 0.4) is 0 Å². The SMILES string of the molecule is COc1cc(CNCCN2CCc3ccccc3C2)ccc1OC(F)F. The van der Waals surface area contributed by atoms with Gasteiger partial charge < -0.3 is 14.8 Å². The molecule has 2 aromatic rings. The number of nitrogens with one attached hydrogen (secondary N) is 1. The van der Waals surface area contributed by atoms with Gasteiger partial charge in [0.15, 0.2) is 11.5 Å². The fourth-order valence-electron chi connectivity index (χ4n) is 3.23. The Labute approximate surface area is 152 Å². The van der Waals surface area contributed by atoms with E-state index in [-0.39, 0.29) is 5.75 Å². The monoisotopic (exact) mass is 362 g/mol. The van der Waals surface area contributed by atoms with Crippen molar-refractivity contribution in [2.75, 3.05) is 26.7 Å². The van der Waals surface area contributed by atoms with Gasteiger partial charge in [0.05, 0.1) is 7.11 Å². The van der Waals surface area contributed by atoms with E-state index in [2.05, 4.69) is 39.2 Å². The van der Waals surface area contributed by atoms with Crippen molar-refractivity contribution >= 4 is 0 Å². The summed E-state index contributed by atoms with van der Waals surface area (Å²) in [5.74, 6) is 0.371. The second-order valence-electron chi connectivity index (χ2n) is 6.34. The third-order valence-electron chi connectivity index (χ3n) is 4.59. The highest BCUT2D eigenvalue weighted by Gasteiger charge is 2.15. The van der Waals surface area contributed by atoms with Gasteiger partial charge in [-0.15, -0.1) is 0 Å². The molecular weight excluding hydrogens is 338 g/mol. The molecule has 0 unspecified atom stereocenters. The molecule has 26 heavy (non-hydrogen) atoms. The first-order valence-corrected chi connectivity index (χ1v) is 8.77. The zero-order valence-corrected chi connectivity index (χ0v) is 14.9. The average molecular weight is 362 g/mol. The molecule has 0 spiro atoms. The third-order valence-corrected chi connectivity index (χ3v) is 4.59. The molecule has 1 aliphatic rings. The molecule has 2 aromatic carbocycles. The Morgan fingerprint density at radius 3 is 2.69 bits per heavy atom. The Bertz CT molecular complexity index is 725. The van der Waals surface area contributed by atoms with E-state index < -0.39 is 6.61 Å². The van der Waals surface area contributed by atoms with Crippen LogP contribution in [-0.2, 0) is 19.5 Å². The fourth-order valence-corrected chi connectivity index (χ4v) is 3.23. The smallest absolute Gasteiger partial charge is 0.387 e. The molecule has 0 radical (unpaired) electrons. The Morgan fingerprint density at radius 2 is 1.92 bits per heavy atom. The van der Waals surface area contributed by atoms with Crippen LogP contribution in [0.5, 0.6) is 11.5 Å². The molecule has 0 fully saturated rings.